The van der Waals surface area contributed by atoms with Gasteiger partial charge in [0.1, 0.15) is 12.2 Å². The van der Waals surface area contributed by atoms with Crippen molar-refractivity contribution in [3.63, 3.8) is 0 Å². The van der Waals surface area contributed by atoms with E-state index in [0.717, 1.165) is 0 Å². The zero-order valence-corrected chi connectivity index (χ0v) is 27.4. The van der Waals surface area contributed by atoms with Gasteiger partial charge in [0.05, 0.1) is 25.6 Å². The first kappa shape index (κ1) is 34.8. The first-order valence-electron chi connectivity index (χ1n) is 13.7. The maximum absolute atomic E-state index is 13.4. The summed E-state index contributed by atoms with van der Waals surface area (Å²) < 4.78 is 29.1. The van der Waals surface area contributed by atoms with Gasteiger partial charge in [-0.25, -0.2) is 9.46 Å². The second-order valence-electron chi connectivity index (χ2n) is 11.8. The van der Waals surface area contributed by atoms with Gasteiger partial charge in [-0.1, -0.05) is 26.7 Å². The van der Waals surface area contributed by atoms with Crippen LogP contribution < -0.4 is 16.6 Å². The number of nitrogens with zero attached hydrogens (tertiary/aromatic N) is 3. The summed E-state index contributed by atoms with van der Waals surface area (Å²) in [5, 5.41) is 11.5. The summed E-state index contributed by atoms with van der Waals surface area (Å²) in [6, 6.07) is 3.27. The third kappa shape index (κ3) is 8.82. The van der Waals surface area contributed by atoms with Crippen LogP contribution in [-0.4, -0.2) is 72.0 Å². The predicted octanol–water partition coefficient (Wildman–Crippen LogP) is 3.23. The molecule has 2 rings (SSSR count). The monoisotopic (exact) mass is 609 g/mol. The van der Waals surface area contributed by atoms with E-state index in [9.17, 15) is 14.4 Å². The molecule has 1 amide bonds. The van der Waals surface area contributed by atoms with Gasteiger partial charge in [0.15, 0.2) is 20.6 Å². The third-order valence-corrected chi connectivity index (χ3v) is 13.7. The fourth-order valence-corrected chi connectivity index (χ4v) is 7.12. The molecule has 0 aliphatic carbocycles. The Balaban J connectivity index is 2.72. The minimum absolute atomic E-state index is 0.00314. The van der Waals surface area contributed by atoms with Crippen LogP contribution in [0.3, 0.4) is 0 Å². The summed E-state index contributed by atoms with van der Waals surface area (Å²) in [4.78, 5) is 40.4. The summed E-state index contributed by atoms with van der Waals surface area (Å²) in [5.74, 6) is 1.84. The first-order valence-corrected chi connectivity index (χ1v) is 17.7. The number of hydrogen-bond donors (Lipinski definition) is 2. The smallest absolute Gasteiger partial charge is 0.330 e. The van der Waals surface area contributed by atoms with E-state index in [1.165, 1.54) is 16.8 Å². The SMILES string of the molecule is C#CCNC(=O)[C@H]1O[C@@H](n2ccc(=O)[nH]c2=O)[C@@H](O[Si](C)(C)C(C)(C)C)C1OP(OCCC#N)N(C(C)C)C(C)C. The van der Waals surface area contributed by atoms with E-state index in [4.69, 9.17) is 29.9 Å². The number of aromatic amines is 1. The molecule has 1 aromatic heterocycles. The number of nitrogens with one attached hydrogen (secondary N) is 2. The maximum Gasteiger partial charge on any atom is 0.330 e. The van der Waals surface area contributed by atoms with Crippen molar-refractivity contribution in [1.29, 1.82) is 5.26 Å². The van der Waals surface area contributed by atoms with E-state index < -0.39 is 58.5 Å². The third-order valence-electron chi connectivity index (χ3n) is 7.05. The predicted molar refractivity (Wildman–Crippen MR) is 159 cm³/mol. The Morgan fingerprint density at radius 3 is 2.41 bits per heavy atom. The molecule has 1 saturated heterocycles. The van der Waals surface area contributed by atoms with Gasteiger partial charge in [-0.3, -0.25) is 19.1 Å². The van der Waals surface area contributed by atoms with E-state index >= 15 is 0 Å². The number of carbonyl (C=O) groups is 1. The lowest BCUT2D eigenvalue weighted by molar-refractivity contribution is -0.137. The molecule has 2 N–H and O–H groups in total. The Hall–Kier alpha value is -2.35. The number of carbonyl (C=O) groups excluding carboxylic acids is 1. The molecule has 0 saturated carbocycles. The number of aromatic nitrogens is 2. The Bertz CT molecular complexity index is 1220. The molecule has 41 heavy (non-hydrogen) atoms. The molecule has 0 radical (unpaired) electrons. The highest BCUT2D eigenvalue weighted by atomic mass is 31.2. The van der Waals surface area contributed by atoms with E-state index in [-0.39, 0.29) is 36.7 Å². The number of amides is 1. The molecule has 2 heterocycles. The summed E-state index contributed by atoms with van der Waals surface area (Å²) in [5.41, 5.74) is -1.28. The lowest BCUT2D eigenvalue weighted by Gasteiger charge is -2.42. The molecule has 1 aromatic rings. The maximum atomic E-state index is 13.4. The molecule has 0 bridgehead atoms. The number of H-pyrrole nitrogens is 1. The summed E-state index contributed by atoms with van der Waals surface area (Å²) >= 11 is 0. The quantitative estimate of drug-likeness (QED) is 0.149. The number of terminal acetylenes is 1. The molecule has 14 heteroatoms. The molecule has 0 aromatic carbocycles. The number of nitriles is 1. The molecule has 1 aliphatic rings. The fourth-order valence-electron chi connectivity index (χ4n) is 4.10. The first-order chi connectivity index (χ1) is 19.0. The average molecular weight is 610 g/mol. The zero-order valence-electron chi connectivity index (χ0n) is 25.5. The van der Waals surface area contributed by atoms with Gasteiger partial charge in [0.25, 0.3) is 20.0 Å². The fraction of sp³-hybridized carbons (Fsp3) is 0.704. The van der Waals surface area contributed by atoms with Crippen LogP contribution in [0.5, 0.6) is 0 Å². The van der Waals surface area contributed by atoms with Crippen LogP contribution in [0.25, 0.3) is 0 Å². The highest BCUT2D eigenvalue weighted by molar-refractivity contribution is 7.44. The average Bonchev–Trinajstić information content (AvgIpc) is 3.18. The van der Waals surface area contributed by atoms with E-state index in [1.54, 1.807) is 0 Å². The van der Waals surface area contributed by atoms with Crippen molar-refractivity contribution in [2.75, 3.05) is 13.2 Å². The minimum Gasteiger partial charge on any atom is -0.406 e. The van der Waals surface area contributed by atoms with Crippen LogP contribution in [-0.2, 0) is 23.0 Å². The number of hydrogen-bond acceptors (Lipinski definition) is 9. The van der Waals surface area contributed by atoms with Gasteiger partial charge >= 0.3 is 5.69 Å². The zero-order chi connectivity index (χ0) is 31.1. The summed E-state index contributed by atoms with van der Waals surface area (Å²) in [7, 11) is -4.37. The van der Waals surface area contributed by atoms with Gasteiger partial charge in [-0.15, -0.1) is 6.42 Å². The van der Waals surface area contributed by atoms with Crippen LogP contribution in [0.4, 0.5) is 0 Å². The van der Waals surface area contributed by atoms with Crippen LogP contribution in [0.15, 0.2) is 21.9 Å². The van der Waals surface area contributed by atoms with Crippen molar-refractivity contribution in [1.82, 2.24) is 19.5 Å². The van der Waals surface area contributed by atoms with Crippen molar-refractivity contribution in [3.05, 3.63) is 33.1 Å². The molecular weight excluding hydrogens is 565 g/mol. The summed E-state index contributed by atoms with van der Waals surface area (Å²) in [6.07, 6.45) is 2.55. The van der Waals surface area contributed by atoms with E-state index in [2.05, 4.69) is 43.1 Å². The Morgan fingerprint density at radius 2 is 1.90 bits per heavy atom. The molecule has 228 valence electrons. The molecule has 2 unspecified atom stereocenters. The molecule has 12 nitrogen and oxygen atoms in total. The van der Waals surface area contributed by atoms with Gasteiger partial charge < -0.3 is 23.5 Å². The Labute approximate surface area is 244 Å². The number of rotatable bonds is 13. The normalized spacial score (nSPS) is 22.1. The lowest BCUT2D eigenvalue weighted by Crippen LogP contribution is -2.51. The van der Waals surface area contributed by atoms with Crippen molar-refractivity contribution in [3.8, 4) is 18.4 Å². The van der Waals surface area contributed by atoms with Crippen molar-refractivity contribution in [2.24, 2.45) is 0 Å². The van der Waals surface area contributed by atoms with E-state index in [0.29, 0.717) is 0 Å². The van der Waals surface area contributed by atoms with Gasteiger partial charge in [0, 0.05) is 24.3 Å². The number of ether oxygens (including phenoxy) is 1. The highest BCUT2D eigenvalue weighted by Crippen LogP contribution is 2.51. The van der Waals surface area contributed by atoms with Gasteiger partial charge in [-0.05, 0) is 45.8 Å². The standard InChI is InChI=1S/C27H44N5O7PSi/c1-11-15-29-24(34)22-21(38-40(36-17-12-14-28)32(18(2)3)19(4)5)23(39-41(9,10)27(6,7)8)25(37-22)31-16-13-20(33)30-26(31)35/h1,13,16,18-19,21-23,25H,12,15,17H2,2-10H3,(H,29,34)(H,30,33,35)/t21?,22-,23-,25+,40?/m0/s1. The van der Waals surface area contributed by atoms with Crippen LogP contribution in [0.1, 0.15) is 61.1 Å². The lowest BCUT2D eigenvalue weighted by atomic mass is 10.1. The van der Waals surface area contributed by atoms with Crippen molar-refractivity contribution >= 4 is 22.8 Å². The molecular formula is C27H44N5O7PSi. The molecule has 1 fully saturated rings. The van der Waals surface area contributed by atoms with Crippen molar-refractivity contribution < 1.29 is 23.0 Å². The highest BCUT2D eigenvalue weighted by Gasteiger charge is 2.55. The van der Waals surface area contributed by atoms with E-state index in [1.807, 2.05) is 45.5 Å². The van der Waals surface area contributed by atoms with Gasteiger partial charge in [-0.2, -0.15) is 5.26 Å². The largest absolute Gasteiger partial charge is 0.406 e. The Morgan fingerprint density at radius 1 is 1.27 bits per heavy atom. The topological polar surface area (TPSA) is 148 Å². The minimum atomic E-state index is -2.56. The summed E-state index contributed by atoms with van der Waals surface area (Å²) in [6.45, 7) is 18.4. The van der Waals surface area contributed by atoms with Gasteiger partial charge in [0.2, 0.25) is 0 Å². The van der Waals surface area contributed by atoms with Crippen LogP contribution in [0.2, 0.25) is 18.1 Å². The second-order valence-corrected chi connectivity index (χ2v) is 18.0. The Kier molecular flexibility index (Phi) is 12.5. The van der Waals surface area contributed by atoms with Crippen molar-refractivity contribution in [2.45, 2.75) is 110 Å². The van der Waals surface area contributed by atoms with Crippen LogP contribution in [0, 0.1) is 23.7 Å². The molecule has 5 atom stereocenters. The second kappa shape index (κ2) is 14.7. The molecule has 0 spiro atoms. The molecule has 1 aliphatic heterocycles. The van der Waals surface area contributed by atoms with Crippen LogP contribution >= 0.6 is 8.53 Å².